The number of carboxylic acid groups (broad SMARTS) is 1. The number of carbonyl (C=O) groups is 1. The van der Waals surface area contributed by atoms with Crippen LogP contribution < -0.4 is 5.73 Å². The molecule has 0 amide bonds. The lowest BCUT2D eigenvalue weighted by Gasteiger charge is -2.49. The summed E-state index contributed by atoms with van der Waals surface area (Å²) >= 11 is 6.56. The normalized spacial score (nSPS) is 36.1. The van der Waals surface area contributed by atoms with Crippen LogP contribution >= 0.6 is 11.6 Å². The van der Waals surface area contributed by atoms with Gasteiger partial charge in [-0.15, -0.1) is 0 Å². The Labute approximate surface area is 147 Å². The number of likely N-dealkylation sites (tertiary alicyclic amines) is 1. The van der Waals surface area contributed by atoms with Crippen LogP contribution in [0.2, 0.25) is 0 Å². The van der Waals surface area contributed by atoms with Crippen molar-refractivity contribution in [3.8, 4) is 0 Å². The Kier molecular flexibility index (Phi) is 4.45. The number of ether oxygens (including phenoxy) is 2. The number of halogens is 1. The van der Waals surface area contributed by atoms with Crippen molar-refractivity contribution in [3.05, 3.63) is 22.4 Å². The maximum Gasteiger partial charge on any atom is 0.339 e. The van der Waals surface area contributed by atoms with Gasteiger partial charge in [0.1, 0.15) is 23.1 Å². The molecule has 3 atom stereocenters. The number of nitrogens with two attached hydrogens (primary N) is 1. The van der Waals surface area contributed by atoms with Crippen LogP contribution in [0, 0.1) is 5.92 Å². The van der Waals surface area contributed by atoms with Crippen molar-refractivity contribution in [2.75, 3.05) is 20.2 Å². The second-order valence-electron chi connectivity index (χ2n) is 7.29. The van der Waals surface area contributed by atoms with Gasteiger partial charge >= 0.3 is 5.97 Å². The molecule has 3 N–H and O–H groups in total. The van der Waals surface area contributed by atoms with Crippen LogP contribution in [-0.4, -0.2) is 53.5 Å². The highest BCUT2D eigenvalue weighted by Crippen LogP contribution is 2.52. The first-order chi connectivity index (χ1) is 11.2. The van der Waals surface area contributed by atoms with Crippen LogP contribution in [0.5, 0.6) is 0 Å². The zero-order chi connectivity index (χ0) is 17.7. The number of fused-ring (bicyclic) bond motifs is 1. The van der Waals surface area contributed by atoms with Crippen molar-refractivity contribution < 1.29 is 19.4 Å². The number of nitrogens with zero attached hydrogens (tertiary/aromatic N) is 1. The minimum atomic E-state index is -1.07. The van der Waals surface area contributed by atoms with Gasteiger partial charge < -0.3 is 20.3 Å². The average molecular weight is 357 g/mol. The Morgan fingerprint density at radius 2 is 2.04 bits per heavy atom. The average Bonchev–Trinajstić information content (AvgIpc) is 2.82. The number of aliphatic carboxylic acids is 1. The highest BCUT2D eigenvalue weighted by molar-refractivity contribution is 6.31. The fourth-order valence-corrected chi connectivity index (χ4v) is 4.60. The molecule has 0 saturated carbocycles. The Morgan fingerprint density at radius 3 is 2.58 bits per heavy atom. The molecule has 1 unspecified atom stereocenters. The number of piperidine rings is 1. The number of carboxylic acids is 1. The molecule has 2 fully saturated rings. The van der Waals surface area contributed by atoms with Gasteiger partial charge in [0, 0.05) is 20.2 Å². The van der Waals surface area contributed by atoms with Crippen molar-refractivity contribution in [2.45, 2.75) is 50.5 Å². The molecule has 6 nitrogen and oxygen atoms in total. The predicted octanol–water partition coefficient (Wildman–Crippen LogP) is 2.04. The third kappa shape index (κ3) is 2.47. The van der Waals surface area contributed by atoms with Gasteiger partial charge in [-0.2, -0.15) is 0 Å². The maximum atomic E-state index is 11.7. The number of rotatable bonds is 3. The number of methoxy groups -OCH3 is 1. The van der Waals surface area contributed by atoms with E-state index in [0.717, 1.165) is 32.4 Å². The summed E-state index contributed by atoms with van der Waals surface area (Å²) in [6.07, 6.45) is 4.30. The molecule has 3 rings (SSSR count). The van der Waals surface area contributed by atoms with E-state index in [-0.39, 0.29) is 5.57 Å². The molecule has 0 spiro atoms. The molecule has 7 heteroatoms. The third-order valence-electron chi connectivity index (χ3n) is 5.40. The molecule has 2 aliphatic heterocycles. The zero-order valence-corrected chi connectivity index (χ0v) is 15.1. The first kappa shape index (κ1) is 17.7. The quantitative estimate of drug-likeness (QED) is 0.805. The topological polar surface area (TPSA) is 85.0 Å². The lowest BCUT2D eigenvalue weighted by Crippen LogP contribution is -2.66. The van der Waals surface area contributed by atoms with E-state index in [1.54, 1.807) is 7.11 Å². The van der Waals surface area contributed by atoms with E-state index < -0.39 is 29.3 Å². The minimum Gasteiger partial charge on any atom is -0.488 e. The molecule has 0 bridgehead atoms. The summed E-state index contributed by atoms with van der Waals surface area (Å²) in [6.45, 7) is 5.42. The second kappa shape index (κ2) is 6.02. The standard InChI is InChI=1S/C17H25ClN2O4/c1-16(2)14(23-3)12-13(24-16)10(15(21)22)9-11(18)17(12,19)20-7-5-4-6-8-20/h9,12,14H,4-8,19H2,1-3H3,(H,21,22)/t12-,14+,17?/m1/s1. The first-order valence-corrected chi connectivity index (χ1v) is 8.72. The Balaban J connectivity index is 2.14. The second-order valence-corrected chi connectivity index (χ2v) is 7.70. The highest BCUT2D eigenvalue weighted by atomic mass is 35.5. The molecule has 0 aromatic rings. The monoisotopic (exact) mass is 356 g/mol. The van der Waals surface area contributed by atoms with Gasteiger partial charge in [0.15, 0.2) is 0 Å². The molecular weight excluding hydrogens is 332 g/mol. The molecular formula is C17H25ClN2O4. The fourth-order valence-electron chi connectivity index (χ4n) is 4.26. The van der Waals surface area contributed by atoms with Gasteiger partial charge in [-0.05, 0) is 32.8 Å². The van der Waals surface area contributed by atoms with Crippen LogP contribution in [0.3, 0.4) is 0 Å². The van der Waals surface area contributed by atoms with Gasteiger partial charge in [-0.1, -0.05) is 18.0 Å². The van der Waals surface area contributed by atoms with Crippen molar-refractivity contribution in [1.29, 1.82) is 0 Å². The summed E-state index contributed by atoms with van der Waals surface area (Å²) in [4.78, 5) is 13.8. The third-order valence-corrected chi connectivity index (χ3v) is 5.81. The summed E-state index contributed by atoms with van der Waals surface area (Å²) in [5.41, 5.74) is 5.22. The van der Waals surface area contributed by atoms with Crippen LogP contribution in [0.4, 0.5) is 0 Å². The van der Waals surface area contributed by atoms with Crippen LogP contribution in [-0.2, 0) is 14.3 Å². The fraction of sp³-hybridized carbons (Fsp3) is 0.706. The van der Waals surface area contributed by atoms with Gasteiger partial charge in [-0.25, -0.2) is 4.79 Å². The van der Waals surface area contributed by atoms with Gasteiger partial charge in [-0.3, -0.25) is 4.90 Å². The van der Waals surface area contributed by atoms with E-state index in [9.17, 15) is 9.90 Å². The SMILES string of the molecule is CO[C@H]1[C@H]2C(=C(C(=O)O)C=C(Cl)C2(N)N2CCCCC2)OC1(C)C. The molecule has 2 saturated heterocycles. The van der Waals surface area contributed by atoms with E-state index in [1.165, 1.54) is 6.08 Å². The molecule has 134 valence electrons. The summed E-state index contributed by atoms with van der Waals surface area (Å²) < 4.78 is 11.7. The van der Waals surface area contributed by atoms with Crippen molar-refractivity contribution in [2.24, 2.45) is 11.7 Å². The lowest BCUT2D eigenvalue weighted by molar-refractivity contribution is -0.132. The Morgan fingerprint density at radius 1 is 1.42 bits per heavy atom. The molecule has 3 aliphatic rings. The van der Waals surface area contributed by atoms with E-state index in [4.69, 9.17) is 26.8 Å². The molecule has 1 aliphatic carbocycles. The van der Waals surface area contributed by atoms with Crippen LogP contribution in [0.25, 0.3) is 0 Å². The van der Waals surface area contributed by atoms with Gasteiger partial charge in [0.2, 0.25) is 0 Å². The highest BCUT2D eigenvalue weighted by Gasteiger charge is 2.61. The van der Waals surface area contributed by atoms with Crippen molar-refractivity contribution >= 4 is 17.6 Å². The van der Waals surface area contributed by atoms with Crippen molar-refractivity contribution in [1.82, 2.24) is 4.90 Å². The number of hydrogen-bond donors (Lipinski definition) is 2. The lowest BCUT2D eigenvalue weighted by atomic mass is 9.76. The molecule has 0 aromatic carbocycles. The van der Waals surface area contributed by atoms with Crippen LogP contribution in [0.1, 0.15) is 33.1 Å². The van der Waals surface area contributed by atoms with E-state index >= 15 is 0 Å². The minimum absolute atomic E-state index is 0.0655. The van der Waals surface area contributed by atoms with E-state index in [1.807, 2.05) is 13.8 Å². The maximum absolute atomic E-state index is 11.7. The smallest absolute Gasteiger partial charge is 0.339 e. The Bertz CT molecular complexity index is 610. The molecule has 0 radical (unpaired) electrons. The summed E-state index contributed by atoms with van der Waals surface area (Å²) in [5.74, 6) is -1.16. The molecule has 24 heavy (non-hydrogen) atoms. The van der Waals surface area contributed by atoms with Gasteiger partial charge in [0.25, 0.3) is 0 Å². The molecule has 0 aromatic heterocycles. The largest absolute Gasteiger partial charge is 0.488 e. The van der Waals surface area contributed by atoms with E-state index in [0.29, 0.717) is 10.8 Å². The van der Waals surface area contributed by atoms with Crippen molar-refractivity contribution in [3.63, 3.8) is 0 Å². The first-order valence-electron chi connectivity index (χ1n) is 8.34. The Hall–Kier alpha value is -1.08. The van der Waals surface area contributed by atoms with Gasteiger partial charge in [0.05, 0.1) is 16.5 Å². The van der Waals surface area contributed by atoms with Crippen LogP contribution in [0.15, 0.2) is 22.4 Å². The summed E-state index contributed by atoms with van der Waals surface area (Å²) in [5, 5.41) is 9.91. The van der Waals surface area contributed by atoms with E-state index in [2.05, 4.69) is 4.90 Å². The summed E-state index contributed by atoms with van der Waals surface area (Å²) in [7, 11) is 1.60. The zero-order valence-electron chi connectivity index (χ0n) is 14.3. The summed E-state index contributed by atoms with van der Waals surface area (Å²) in [6, 6.07) is 0. The predicted molar refractivity (Wildman–Crippen MR) is 90.4 cm³/mol. The number of hydrogen-bond acceptors (Lipinski definition) is 5. The molecule has 2 heterocycles.